The normalized spacial score (nSPS) is 12.9. The first kappa shape index (κ1) is 16.7. The fraction of sp³-hybridized carbons (Fsp3) is 0.286. The zero-order chi connectivity index (χ0) is 18.3. The smallest absolute Gasteiger partial charge is 0.258 e. The maximum absolute atomic E-state index is 13.2. The van der Waals surface area contributed by atoms with E-state index < -0.39 is 0 Å². The third kappa shape index (κ3) is 2.65. The Morgan fingerprint density at radius 1 is 1.08 bits per heavy atom. The van der Waals surface area contributed by atoms with Crippen molar-refractivity contribution in [3.63, 3.8) is 0 Å². The number of aromatic nitrogens is 1. The van der Waals surface area contributed by atoms with Crippen molar-refractivity contribution in [3.05, 3.63) is 58.5 Å². The van der Waals surface area contributed by atoms with E-state index in [-0.39, 0.29) is 18.9 Å². The minimum absolute atomic E-state index is 0.0351. The van der Waals surface area contributed by atoms with E-state index in [1.54, 1.807) is 6.07 Å². The fourth-order valence-electron chi connectivity index (χ4n) is 3.58. The highest BCUT2D eigenvalue weighted by atomic mass is 16.7. The SMILES string of the molecule is CC(C)Cn1c(CN)c(-c2ccccc2)c2cc3c(cc2c1=O)OCO3. The summed E-state index contributed by atoms with van der Waals surface area (Å²) >= 11 is 0. The van der Waals surface area contributed by atoms with Crippen molar-refractivity contribution >= 4 is 10.8 Å². The lowest BCUT2D eigenvalue weighted by Crippen LogP contribution is -2.28. The summed E-state index contributed by atoms with van der Waals surface area (Å²) in [4.78, 5) is 13.2. The summed E-state index contributed by atoms with van der Waals surface area (Å²) in [6.07, 6.45) is 0. The second kappa shape index (κ2) is 6.50. The maximum atomic E-state index is 13.2. The summed E-state index contributed by atoms with van der Waals surface area (Å²) in [6.45, 7) is 5.28. The van der Waals surface area contributed by atoms with E-state index in [2.05, 4.69) is 13.8 Å². The molecule has 26 heavy (non-hydrogen) atoms. The third-order valence-electron chi connectivity index (χ3n) is 4.68. The van der Waals surface area contributed by atoms with Crippen LogP contribution in [0.15, 0.2) is 47.3 Å². The molecule has 0 saturated heterocycles. The summed E-state index contributed by atoms with van der Waals surface area (Å²) in [5.74, 6) is 1.61. The minimum Gasteiger partial charge on any atom is -0.454 e. The molecule has 0 unspecified atom stereocenters. The predicted octanol–water partition coefficient (Wildman–Crippen LogP) is 3.51. The molecular formula is C21H22N2O3. The molecule has 0 fully saturated rings. The van der Waals surface area contributed by atoms with Crippen molar-refractivity contribution in [1.29, 1.82) is 0 Å². The fourth-order valence-corrected chi connectivity index (χ4v) is 3.58. The number of nitrogens with zero attached hydrogens (tertiary/aromatic N) is 1. The summed E-state index contributed by atoms with van der Waals surface area (Å²) in [7, 11) is 0. The van der Waals surface area contributed by atoms with Crippen LogP contribution in [0.2, 0.25) is 0 Å². The Morgan fingerprint density at radius 3 is 2.35 bits per heavy atom. The average molecular weight is 350 g/mol. The lowest BCUT2D eigenvalue weighted by atomic mass is 9.96. The van der Waals surface area contributed by atoms with Gasteiger partial charge in [-0.2, -0.15) is 0 Å². The zero-order valence-electron chi connectivity index (χ0n) is 15.0. The van der Waals surface area contributed by atoms with E-state index in [1.165, 1.54) is 0 Å². The Labute approximate surface area is 152 Å². The van der Waals surface area contributed by atoms with Crippen LogP contribution in [0.4, 0.5) is 0 Å². The van der Waals surface area contributed by atoms with Gasteiger partial charge in [0.05, 0.1) is 5.39 Å². The van der Waals surface area contributed by atoms with Gasteiger partial charge in [0, 0.05) is 29.7 Å². The second-order valence-corrected chi connectivity index (χ2v) is 6.95. The summed E-state index contributed by atoms with van der Waals surface area (Å²) in [5.41, 5.74) is 8.96. The van der Waals surface area contributed by atoms with E-state index in [0.717, 1.165) is 22.2 Å². The maximum Gasteiger partial charge on any atom is 0.258 e. The Morgan fingerprint density at radius 2 is 1.73 bits per heavy atom. The summed E-state index contributed by atoms with van der Waals surface area (Å²) in [6, 6.07) is 13.8. The van der Waals surface area contributed by atoms with Crippen LogP contribution < -0.4 is 20.8 Å². The van der Waals surface area contributed by atoms with Gasteiger partial charge >= 0.3 is 0 Å². The molecule has 2 heterocycles. The molecule has 5 nitrogen and oxygen atoms in total. The van der Waals surface area contributed by atoms with Crippen LogP contribution in [-0.2, 0) is 13.1 Å². The monoisotopic (exact) mass is 350 g/mol. The molecule has 5 heteroatoms. The number of hydrogen-bond acceptors (Lipinski definition) is 4. The molecule has 1 aromatic heterocycles. The zero-order valence-corrected chi connectivity index (χ0v) is 15.0. The number of benzene rings is 2. The van der Waals surface area contributed by atoms with Crippen LogP contribution >= 0.6 is 0 Å². The van der Waals surface area contributed by atoms with E-state index >= 15 is 0 Å². The van der Waals surface area contributed by atoms with Gasteiger partial charge in [-0.25, -0.2) is 0 Å². The molecule has 0 amide bonds. The van der Waals surface area contributed by atoms with Gasteiger partial charge in [-0.3, -0.25) is 4.79 Å². The highest BCUT2D eigenvalue weighted by Gasteiger charge is 2.22. The molecule has 0 bridgehead atoms. The molecule has 0 saturated carbocycles. The molecular weight excluding hydrogens is 328 g/mol. The van der Waals surface area contributed by atoms with Crippen molar-refractivity contribution < 1.29 is 9.47 Å². The van der Waals surface area contributed by atoms with Gasteiger partial charge in [-0.05, 0) is 23.6 Å². The molecule has 1 aliphatic rings. The van der Waals surface area contributed by atoms with Crippen molar-refractivity contribution in [2.75, 3.05) is 6.79 Å². The molecule has 1 aliphatic heterocycles. The van der Waals surface area contributed by atoms with Gasteiger partial charge in [-0.15, -0.1) is 0 Å². The number of fused-ring (bicyclic) bond motifs is 2. The van der Waals surface area contributed by atoms with Gasteiger partial charge in [-0.1, -0.05) is 44.2 Å². The largest absolute Gasteiger partial charge is 0.454 e. The highest BCUT2D eigenvalue weighted by Crippen LogP contribution is 2.39. The van der Waals surface area contributed by atoms with E-state index in [0.29, 0.717) is 29.3 Å². The van der Waals surface area contributed by atoms with Crippen LogP contribution in [0.1, 0.15) is 19.5 Å². The molecule has 4 rings (SSSR count). The van der Waals surface area contributed by atoms with Crippen LogP contribution in [-0.4, -0.2) is 11.4 Å². The van der Waals surface area contributed by atoms with Gasteiger partial charge in [0.2, 0.25) is 6.79 Å². The lowest BCUT2D eigenvalue weighted by Gasteiger charge is -2.20. The van der Waals surface area contributed by atoms with Crippen LogP contribution in [0.25, 0.3) is 21.9 Å². The molecule has 2 aromatic carbocycles. The van der Waals surface area contributed by atoms with Crippen molar-refractivity contribution in [2.45, 2.75) is 26.9 Å². The van der Waals surface area contributed by atoms with Crippen LogP contribution in [0.5, 0.6) is 11.5 Å². The second-order valence-electron chi connectivity index (χ2n) is 6.95. The molecule has 0 aliphatic carbocycles. The predicted molar refractivity (Wildman–Crippen MR) is 102 cm³/mol. The van der Waals surface area contributed by atoms with Gasteiger partial charge in [0.15, 0.2) is 11.5 Å². The van der Waals surface area contributed by atoms with E-state index in [9.17, 15) is 4.79 Å². The number of rotatable bonds is 4. The van der Waals surface area contributed by atoms with E-state index in [4.69, 9.17) is 15.2 Å². The molecule has 0 spiro atoms. The number of ether oxygens (including phenoxy) is 2. The molecule has 3 aromatic rings. The molecule has 0 atom stereocenters. The quantitative estimate of drug-likeness (QED) is 0.782. The number of nitrogens with two attached hydrogens (primary N) is 1. The van der Waals surface area contributed by atoms with Crippen molar-refractivity contribution in [2.24, 2.45) is 11.7 Å². The first-order valence-corrected chi connectivity index (χ1v) is 8.84. The van der Waals surface area contributed by atoms with Gasteiger partial charge < -0.3 is 19.8 Å². The van der Waals surface area contributed by atoms with Crippen molar-refractivity contribution in [3.8, 4) is 22.6 Å². The molecule has 134 valence electrons. The summed E-state index contributed by atoms with van der Waals surface area (Å²) in [5, 5.41) is 1.48. The van der Waals surface area contributed by atoms with Crippen LogP contribution in [0.3, 0.4) is 0 Å². The molecule has 0 radical (unpaired) electrons. The summed E-state index contributed by atoms with van der Waals surface area (Å²) < 4.78 is 12.8. The third-order valence-corrected chi connectivity index (χ3v) is 4.68. The van der Waals surface area contributed by atoms with E-state index in [1.807, 2.05) is 41.0 Å². The minimum atomic E-state index is -0.0351. The Kier molecular flexibility index (Phi) is 4.17. The van der Waals surface area contributed by atoms with Crippen LogP contribution in [0, 0.1) is 5.92 Å². The standard InChI is InChI=1S/C21H22N2O3/c1-13(2)11-23-17(10-22)20(14-6-4-3-5-7-14)15-8-18-19(26-12-25-18)9-16(15)21(23)24/h3-9,13H,10-12,22H2,1-2H3. The first-order chi connectivity index (χ1) is 12.6. The van der Waals surface area contributed by atoms with Crippen molar-refractivity contribution in [1.82, 2.24) is 4.57 Å². The number of hydrogen-bond donors (Lipinski definition) is 1. The Bertz CT molecular complexity index is 1020. The molecule has 2 N–H and O–H groups in total. The van der Waals surface area contributed by atoms with Gasteiger partial charge in [0.1, 0.15) is 0 Å². The Balaban J connectivity index is 2.14. The average Bonchev–Trinajstić information content (AvgIpc) is 3.10. The topological polar surface area (TPSA) is 66.5 Å². The number of pyridine rings is 1. The Hall–Kier alpha value is -2.79. The lowest BCUT2D eigenvalue weighted by molar-refractivity contribution is 0.174. The van der Waals surface area contributed by atoms with Gasteiger partial charge in [0.25, 0.3) is 5.56 Å². The first-order valence-electron chi connectivity index (χ1n) is 8.84. The highest BCUT2D eigenvalue weighted by molar-refractivity contribution is 5.99.